The van der Waals surface area contributed by atoms with Gasteiger partial charge in [-0.1, -0.05) is 0 Å². The van der Waals surface area contributed by atoms with Crippen LogP contribution in [0.4, 0.5) is 4.39 Å². The van der Waals surface area contributed by atoms with Gasteiger partial charge in [-0.15, -0.1) is 0 Å². The number of hydrogen-bond acceptors (Lipinski definition) is 2. The summed E-state index contributed by atoms with van der Waals surface area (Å²) in [5.74, 6) is -1.98. The number of aliphatic carboxylic acids is 1. The maximum absolute atomic E-state index is 13.2. The van der Waals surface area contributed by atoms with E-state index in [1.54, 1.807) is 0 Å². The number of benzene rings is 1. The van der Waals surface area contributed by atoms with Gasteiger partial charge in [-0.05, 0) is 53.4 Å². The molecule has 0 saturated carbocycles. The summed E-state index contributed by atoms with van der Waals surface area (Å²) in [6, 6.07) is 2.99. The van der Waals surface area contributed by atoms with Crippen LogP contribution < -0.4 is 0 Å². The number of carbonyl (C=O) groups excluding carboxylic acids is 1. The fraction of sp³-hybridized carbons (Fsp3) is 0.385. The van der Waals surface area contributed by atoms with Crippen molar-refractivity contribution < 1.29 is 19.1 Å². The van der Waals surface area contributed by atoms with Crippen LogP contribution in [0.1, 0.15) is 29.6 Å². The Hall–Kier alpha value is -1.43. The van der Waals surface area contributed by atoms with Crippen LogP contribution in [0.15, 0.2) is 22.7 Å². The first-order valence-electron chi connectivity index (χ1n) is 5.99. The summed E-state index contributed by atoms with van der Waals surface area (Å²) >= 11 is 3.19. The van der Waals surface area contributed by atoms with Crippen LogP contribution in [-0.4, -0.2) is 34.5 Å². The Labute approximate surface area is 118 Å². The Morgan fingerprint density at radius 1 is 1.37 bits per heavy atom. The van der Waals surface area contributed by atoms with Gasteiger partial charge in [-0.3, -0.25) is 4.79 Å². The van der Waals surface area contributed by atoms with Gasteiger partial charge in [0.25, 0.3) is 5.91 Å². The highest BCUT2D eigenvalue weighted by Gasteiger charge is 2.33. The third-order valence-electron chi connectivity index (χ3n) is 3.21. The minimum Gasteiger partial charge on any atom is -0.480 e. The van der Waals surface area contributed by atoms with Gasteiger partial charge in [0, 0.05) is 11.0 Å². The largest absolute Gasteiger partial charge is 0.480 e. The Balaban J connectivity index is 2.31. The molecule has 0 aromatic heterocycles. The first kappa shape index (κ1) is 14.0. The Morgan fingerprint density at radius 2 is 2.11 bits per heavy atom. The van der Waals surface area contributed by atoms with E-state index in [9.17, 15) is 14.0 Å². The highest BCUT2D eigenvalue weighted by Crippen LogP contribution is 2.24. The average Bonchev–Trinajstić information content (AvgIpc) is 2.40. The number of hydrogen-bond donors (Lipinski definition) is 1. The molecule has 1 aliphatic heterocycles. The van der Waals surface area contributed by atoms with Crippen molar-refractivity contribution in [1.29, 1.82) is 0 Å². The standard InChI is InChI=1S/C13H13BrFNO3/c14-10-5-4-8(15)7-9(10)12(17)16-6-2-1-3-11(16)13(18)19/h4-5,7,11H,1-3,6H2,(H,18,19)/t11-/m1/s1. The number of carboxylic acid groups (broad SMARTS) is 1. The van der Waals surface area contributed by atoms with Crippen LogP contribution in [0.5, 0.6) is 0 Å². The van der Waals surface area contributed by atoms with E-state index in [2.05, 4.69) is 15.9 Å². The fourth-order valence-corrected chi connectivity index (χ4v) is 2.66. The van der Waals surface area contributed by atoms with E-state index in [1.807, 2.05) is 0 Å². The second-order valence-electron chi connectivity index (χ2n) is 4.47. The van der Waals surface area contributed by atoms with Crippen LogP contribution in [0, 0.1) is 5.82 Å². The number of likely N-dealkylation sites (tertiary alicyclic amines) is 1. The molecule has 0 spiro atoms. The number of carboxylic acids is 1. The summed E-state index contributed by atoms with van der Waals surface area (Å²) in [4.78, 5) is 24.8. The molecule has 102 valence electrons. The molecular weight excluding hydrogens is 317 g/mol. The van der Waals surface area contributed by atoms with Gasteiger partial charge in [0.15, 0.2) is 0 Å². The zero-order valence-electron chi connectivity index (χ0n) is 10.1. The second-order valence-corrected chi connectivity index (χ2v) is 5.33. The average molecular weight is 330 g/mol. The minimum absolute atomic E-state index is 0.160. The quantitative estimate of drug-likeness (QED) is 0.907. The van der Waals surface area contributed by atoms with Crippen LogP contribution in [-0.2, 0) is 4.79 Å². The molecule has 2 rings (SSSR count). The van der Waals surface area contributed by atoms with Gasteiger partial charge in [0.1, 0.15) is 11.9 Å². The van der Waals surface area contributed by atoms with Gasteiger partial charge in [0.2, 0.25) is 0 Å². The van der Waals surface area contributed by atoms with Crippen LogP contribution in [0.25, 0.3) is 0 Å². The third-order valence-corrected chi connectivity index (χ3v) is 3.90. The molecular formula is C13H13BrFNO3. The molecule has 0 unspecified atom stereocenters. The van der Waals surface area contributed by atoms with Gasteiger partial charge in [-0.2, -0.15) is 0 Å². The monoisotopic (exact) mass is 329 g/mol. The van der Waals surface area contributed by atoms with Crippen molar-refractivity contribution in [2.75, 3.05) is 6.54 Å². The second kappa shape index (κ2) is 5.69. The van der Waals surface area contributed by atoms with Gasteiger partial charge >= 0.3 is 5.97 Å². The fourth-order valence-electron chi connectivity index (χ4n) is 2.25. The van der Waals surface area contributed by atoms with Crippen LogP contribution in [0.3, 0.4) is 0 Å². The van der Waals surface area contributed by atoms with Crippen molar-refractivity contribution in [1.82, 2.24) is 4.90 Å². The lowest BCUT2D eigenvalue weighted by atomic mass is 10.0. The summed E-state index contributed by atoms with van der Waals surface area (Å²) in [5.41, 5.74) is 0.160. The van der Waals surface area contributed by atoms with E-state index in [-0.39, 0.29) is 5.56 Å². The van der Waals surface area contributed by atoms with Crippen molar-refractivity contribution >= 4 is 27.8 Å². The number of nitrogens with zero attached hydrogens (tertiary/aromatic N) is 1. The Kier molecular flexibility index (Phi) is 4.19. The maximum Gasteiger partial charge on any atom is 0.326 e. The van der Waals surface area contributed by atoms with E-state index >= 15 is 0 Å². The van der Waals surface area contributed by atoms with Crippen molar-refractivity contribution in [2.24, 2.45) is 0 Å². The zero-order valence-corrected chi connectivity index (χ0v) is 11.7. The summed E-state index contributed by atoms with van der Waals surface area (Å²) in [7, 11) is 0. The van der Waals surface area contributed by atoms with E-state index in [4.69, 9.17) is 5.11 Å². The molecule has 1 amide bonds. The molecule has 4 nitrogen and oxygen atoms in total. The SMILES string of the molecule is O=C(O)[C@H]1CCCCN1C(=O)c1cc(F)ccc1Br. The lowest BCUT2D eigenvalue weighted by molar-refractivity contribution is -0.143. The van der Waals surface area contributed by atoms with Gasteiger partial charge in [-0.25, -0.2) is 9.18 Å². The smallest absolute Gasteiger partial charge is 0.326 e. The van der Waals surface area contributed by atoms with Gasteiger partial charge in [0.05, 0.1) is 5.56 Å². The minimum atomic E-state index is -1.01. The molecule has 1 N–H and O–H groups in total. The molecule has 0 radical (unpaired) electrons. The lowest BCUT2D eigenvalue weighted by Crippen LogP contribution is -2.48. The summed E-state index contributed by atoms with van der Waals surface area (Å²) in [6.45, 7) is 0.388. The van der Waals surface area contributed by atoms with E-state index in [0.717, 1.165) is 18.9 Å². The molecule has 0 aliphatic carbocycles. The lowest BCUT2D eigenvalue weighted by Gasteiger charge is -2.33. The summed E-state index contributed by atoms with van der Waals surface area (Å²) in [6.07, 6.45) is 1.99. The first-order valence-corrected chi connectivity index (χ1v) is 6.79. The summed E-state index contributed by atoms with van der Waals surface area (Å²) < 4.78 is 13.7. The molecule has 0 bridgehead atoms. The number of rotatable bonds is 2. The van der Waals surface area contributed by atoms with Crippen molar-refractivity contribution in [2.45, 2.75) is 25.3 Å². The normalized spacial score (nSPS) is 19.3. The number of halogens is 2. The molecule has 1 atom stereocenters. The molecule has 19 heavy (non-hydrogen) atoms. The molecule has 6 heteroatoms. The van der Waals surface area contributed by atoms with E-state index < -0.39 is 23.7 Å². The van der Waals surface area contributed by atoms with Crippen molar-refractivity contribution in [3.8, 4) is 0 Å². The van der Waals surface area contributed by atoms with Crippen LogP contribution >= 0.6 is 15.9 Å². The highest BCUT2D eigenvalue weighted by molar-refractivity contribution is 9.10. The molecule has 1 saturated heterocycles. The first-order chi connectivity index (χ1) is 9.00. The third kappa shape index (κ3) is 2.94. The predicted molar refractivity (Wildman–Crippen MR) is 70.4 cm³/mol. The zero-order chi connectivity index (χ0) is 14.0. The number of carbonyl (C=O) groups is 2. The summed E-state index contributed by atoms with van der Waals surface area (Å²) in [5, 5.41) is 9.15. The molecule has 1 aromatic carbocycles. The van der Waals surface area contributed by atoms with Crippen molar-refractivity contribution in [3.05, 3.63) is 34.1 Å². The molecule has 1 aromatic rings. The molecule has 1 aliphatic rings. The number of piperidine rings is 1. The highest BCUT2D eigenvalue weighted by atomic mass is 79.9. The number of amides is 1. The van der Waals surface area contributed by atoms with E-state index in [1.165, 1.54) is 17.0 Å². The van der Waals surface area contributed by atoms with Crippen molar-refractivity contribution in [3.63, 3.8) is 0 Å². The molecule has 1 fully saturated rings. The Bertz CT molecular complexity index is 521. The maximum atomic E-state index is 13.2. The van der Waals surface area contributed by atoms with E-state index in [0.29, 0.717) is 17.4 Å². The van der Waals surface area contributed by atoms with Gasteiger partial charge < -0.3 is 10.0 Å². The van der Waals surface area contributed by atoms with Crippen LogP contribution in [0.2, 0.25) is 0 Å². The predicted octanol–water partition coefficient (Wildman–Crippen LogP) is 2.67. The molecule has 1 heterocycles. The Morgan fingerprint density at radius 3 is 2.79 bits per heavy atom. The topological polar surface area (TPSA) is 57.6 Å².